The molecule has 0 aliphatic heterocycles. The van der Waals surface area contributed by atoms with Gasteiger partial charge in [-0.2, -0.15) is 5.10 Å². The Balaban J connectivity index is 2.47. The van der Waals surface area contributed by atoms with E-state index in [1.54, 1.807) is 0 Å². The zero-order valence-electron chi connectivity index (χ0n) is 13.2. The second kappa shape index (κ2) is 9.17. The van der Waals surface area contributed by atoms with Crippen LogP contribution in [0.2, 0.25) is 0 Å². The molecule has 0 saturated heterocycles. The van der Waals surface area contributed by atoms with Crippen molar-refractivity contribution in [3.05, 3.63) is 18.0 Å². The highest BCUT2D eigenvalue weighted by molar-refractivity contribution is 5.13. The van der Waals surface area contributed by atoms with Crippen molar-refractivity contribution in [2.24, 2.45) is 0 Å². The number of aromatic nitrogens is 2. The van der Waals surface area contributed by atoms with E-state index in [-0.39, 0.29) is 5.41 Å². The first-order chi connectivity index (χ1) is 9.23. The summed E-state index contributed by atoms with van der Waals surface area (Å²) in [6, 6.07) is 2.17. The average Bonchev–Trinajstić information content (AvgIpc) is 2.95. The van der Waals surface area contributed by atoms with Gasteiger partial charge in [0.2, 0.25) is 0 Å². The number of unbranched alkanes of at least 4 members (excludes halogenated alkanes) is 6. The first-order valence-electron chi connectivity index (χ1n) is 8.23. The largest absolute Gasteiger partial charge is 0.285 e. The Bertz CT molecular complexity index is 291. The van der Waals surface area contributed by atoms with Gasteiger partial charge in [-0.15, -0.1) is 0 Å². The molecule has 0 aliphatic carbocycles. The first-order valence-corrected chi connectivity index (χ1v) is 8.23. The standard InChI is InChI=1S/C17H32N2/c1-4-6-8-10-13-17(3,14-11-9-7-5-2)16-12-15-18-19-16/h12,15H,4-11,13-14H2,1-3H3,(H,18,19). The molecule has 0 unspecified atom stereocenters. The Morgan fingerprint density at radius 3 is 1.95 bits per heavy atom. The Morgan fingerprint density at radius 1 is 0.947 bits per heavy atom. The molecule has 110 valence electrons. The van der Waals surface area contributed by atoms with E-state index in [1.165, 1.54) is 69.9 Å². The van der Waals surface area contributed by atoms with Crippen molar-refractivity contribution in [1.29, 1.82) is 0 Å². The second-order valence-corrected chi connectivity index (χ2v) is 6.14. The number of hydrogen-bond acceptors (Lipinski definition) is 1. The molecule has 0 radical (unpaired) electrons. The summed E-state index contributed by atoms with van der Waals surface area (Å²) in [4.78, 5) is 0. The van der Waals surface area contributed by atoms with Crippen molar-refractivity contribution in [2.45, 2.75) is 90.4 Å². The van der Waals surface area contributed by atoms with E-state index in [1.807, 2.05) is 6.20 Å². The van der Waals surface area contributed by atoms with Crippen molar-refractivity contribution < 1.29 is 0 Å². The average molecular weight is 264 g/mol. The summed E-state index contributed by atoms with van der Waals surface area (Å²) in [7, 11) is 0. The summed E-state index contributed by atoms with van der Waals surface area (Å²) in [5, 5.41) is 7.45. The van der Waals surface area contributed by atoms with Crippen LogP contribution in [0.15, 0.2) is 12.3 Å². The molecule has 0 aromatic carbocycles. The highest BCUT2D eigenvalue weighted by atomic mass is 15.1. The molecule has 0 spiro atoms. The topological polar surface area (TPSA) is 28.7 Å². The summed E-state index contributed by atoms with van der Waals surface area (Å²) in [5.41, 5.74) is 1.54. The predicted molar refractivity (Wildman–Crippen MR) is 83.5 cm³/mol. The fourth-order valence-corrected chi connectivity index (χ4v) is 2.86. The molecule has 1 heterocycles. The van der Waals surface area contributed by atoms with Crippen molar-refractivity contribution in [2.75, 3.05) is 0 Å². The molecule has 0 amide bonds. The van der Waals surface area contributed by atoms with E-state index in [9.17, 15) is 0 Å². The fraction of sp³-hybridized carbons (Fsp3) is 0.824. The van der Waals surface area contributed by atoms with Crippen molar-refractivity contribution in [3.63, 3.8) is 0 Å². The van der Waals surface area contributed by atoms with Crippen LogP contribution in [-0.4, -0.2) is 10.2 Å². The van der Waals surface area contributed by atoms with Gasteiger partial charge >= 0.3 is 0 Å². The molecule has 1 rings (SSSR count). The van der Waals surface area contributed by atoms with E-state index in [0.29, 0.717) is 0 Å². The van der Waals surface area contributed by atoms with Gasteiger partial charge in [0, 0.05) is 11.6 Å². The van der Waals surface area contributed by atoms with Crippen molar-refractivity contribution in [3.8, 4) is 0 Å². The van der Waals surface area contributed by atoms with Gasteiger partial charge in [0.25, 0.3) is 0 Å². The Kier molecular flexibility index (Phi) is 7.85. The van der Waals surface area contributed by atoms with Crippen LogP contribution in [0.25, 0.3) is 0 Å². The zero-order chi connectivity index (χ0) is 14.0. The number of nitrogens with one attached hydrogen (secondary N) is 1. The van der Waals surface area contributed by atoms with Gasteiger partial charge < -0.3 is 0 Å². The SMILES string of the molecule is CCCCCCC(C)(CCCCCC)c1cc[nH]n1. The maximum absolute atomic E-state index is 4.46. The molecule has 0 bridgehead atoms. The van der Waals surface area contributed by atoms with Crippen LogP contribution in [0.1, 0.15) is 90.7 Å². The Hall–Kier alpha value is -0.790. The third-order valence-corrected chi connectivity index (χ3v) is 4.28. The molecule has 0 saturated carbocycles. The highest BCUT2D eigenvalue weighted by Crippen LogP contribution is 2.34. The van der Waals surface area contributed by atoms with E-state index in [4.69, 9.17) is 0 Å². The third kappa shape index (κ3) is 5.80. The molecule has 1 aromatic rings. The van der Waals surface area contributed by atoms with Crippen LogP contribution in [0, 0.1) is 0 Å². The van der Waals surface area contributed by atoms with Gasteiger partial charge in [0.1, 0.15) is 0 Å². The quantitative estimate of drug-likeness (QED) is 0.517. The maximum Gasteiger partial charge on any atom is 0.0680 e. The molecular weight excluding hydrogens is 232 g/mol. The van der Waals surface area contributed by atoms with Gasteiger partial charge in [-0.05, 0) is 18.9 Å². The molecule has 0 aliphatic rings. The van der Waals surface area contributed by atoms with E-state index >= 15 is 0 Å². The van der Waals surface area contributed by atoms with Crippen LogP contribution < -0.4 is 0 Å². The van der Waals surface area contributed by atoms with Crippen LogP contribution >= 0.6 is 0 Å². The monoisotopic (exact) mass is 264 g/mol. The molecule has 2 nitrogen and oxygen atoms in total. The lowest BCUT2D eigenvalue weighted by molar-refractivity contribution is 0.355. The van der Waals surface area contributed by atoms with Crippen LogP contribution in [0.5, 0.6) is 0 Å². The van der Waals surface area contributed by atoms with E-state index in [2.05, 4.69) is 37.0 Å². The van der Waals surface area contributed by atoms with E-state index < -0.39 is 0 Å². The number of nitrogens with zero attached hydrogens (tertiary/aromatic N) is 1. The summed E-state index contributed by atoms with van der Waals surface area (Å²) in [6.45, 7) is 6.95. The van der Waals surface area contributed by atoms with Crippen molar-refractivity contribution in [1.82, 2.24) is 10.2 Å². The third-order valence-electron chi connectivity index (χ3n) is 4.28. The molecular formula is C17H32N2. The number of rotatable bonds is 11. The number of H-pyrrole nitrogens is 1. The molecule has 19 heavy (non-hydrogen) atoms. The lowest BCUT2D eigenvalue weighted by atomic mass is 9.77. The normalized spacial score (nSPS) is 11.9. The van der Waals surface area contributed by atoms with Crippen LogP contribution in [-0.2, 0) is 5.41 Å². The van der Waals surface area contributed by atoms with Gasteiger partial charge in [0.05, 0.1) is 5.69 Å². The van der Waals surface area contributed by atoms with Gasteiger partial charge in [-0.1, -0.05) is 72.1 Å². The molecule has 2 heteroatoms. The Labute approximate surface area is 119 Å². The maximum atomic E-state index is 4.46. The molecule has 1 N–H and O–H groups in total. The van der Waals surface area contributed by atoms with Crippen LogP contribution in [0.4, 0.5) is 0 Å². The lowest BCUT2D eigenvalue weighted by Crippen LogP contribution is -2.22. The lowest BCUT2D eigenvalue weighted by Gasteiger charge is -2.28. The summed E-state index contributed by atoms with van der Waals surface area (Å²) in [5.74, 6) is 0. The number of aromatic amines is 1. The molecule has 1 aromatic heterocycles. The molecule has 0 atom stereocenters. The fourth-order valence-electron chi connectivity index (χ4n) is 2.86. The highest BCUT2D eigenvalue weighted by Gasteiger charge is 2.27. The van der Waals surface area contributed by atoms with Crippen molar-refractivity contribution >= 4 is 0 Å². The minimum Gasteiger partial charge on any atom is -0.285 e. The predicted octanol–water partition coefficient (Wildman–Crippen LogP) is 5.61. The minimum atomic E-state index is 0.279. The summed E-state index contributed by atoms with van der Waals surface area (Å²) < 4.78 is 0. The van der Waals surface area contributed by atoms with Gasteiger partial charge in [0.15, 0.2) is 0 Å². The summed E-state index contributed by atoms with van der Waals surface area (Å²) >= 11 is 0. The minimum absolute atomic E-state index is 0.279. The summed E-state index contributed by atoms with van der Waals surface area (Å²) in [6.07, 6.45) is 15.3. The second-order valence-electron chi connectivity index (χ2n) is 6.14. The number of hydrogen-bond donors (Lipinski definition) is 1. The van der Waals surface area contributed by atoms with Gasteiger partial charge in [-0.3, -0.25) is 5.10 Å². The molecule has 0 fully saturated rings. The first kappa shape index (κ1) is 16.3. The van der Waals surface area contributed by atoms with E-state index in [0.717, 1.165) is 0 Å². The van der Waals surface area contributed by atoms with Crippen LogP contribution in [0.3, 0.4) is 0 Å². The Morgan fingerprint density at radius 2 is 1.53 bits per heavy atom. The van der Waals surface area contributed by atoms with Gasteiger partial charge in [-0.25, -0.2) is 0 Å². The smallest absolute Gasteiger partial charge is 0.0680 e. The zero-order valence-corrected chi connectivity index (χ0v) is 13.2.